The van der Waals surface area contributed by atoms with Gasteiger partial charge in [0.15, 0.2) is 0 Å². The van der Waals surface area contributed by atoms with Crippen molar-refractivity contribution in [1.29, 1.82) is 0 Å². The summed E-state index contributed by atoms with van der Waals surface area (Å²) >= 11 is 1.64. The van der Waals surface area contributed by atoms with E-state index in [1.807, 2.05) is 29.6 Å². The van der Waals surface area contributed by atoms with Crippen molar-refractivity contribution in [3.63, 3.8) is 0 Å². The molecular formula is C17H15NO3S. The molecule has 112 valence electrons. The number of thiophene rings is 1. The van der Waals surface area contributed by atoms with Crippen molar-refractivity contribution in [2.45, 2.75) is 13.1 Å². The molecule has 0 aliphatic heterocycles. The van der Waals surface area contributed by atoms with Crippen molar-refractivity contribution in [2.75, 3.05) is 0 Å². The van der Waals surface area contributed by atoms with Crippen LogP contribution in [0.15, 0.2) is 69.4 Å². The predicted octanol–water partition coefficient (Wildman–Crippen LogP) is 4.18. The molecule has 0 fully saturated rings. The van der Waals surface area contributed by atoms with E-state index in [0.29, 0.717) is 18.8 Å². The van der Waals surface area contributed by atoms with Crippen LogP contribution in [0.1, 0.15) is 16.2 Å². The van der Waals surface area contributed by atoms with E-state index in [9.17, 15) is 4.79 Å². The van der Waals surface area contributed by atoms with Gasteiger partial charge in [0.1, 0.15) is 5.76 Å². The van der Waals surface area contributed by atoms with Crippen molar-refractivity contribution in [3.05, 3.63) is 76.8 Å². The third kappa shape index (κ3) is 3.77. The minimum absolute atomic E-state index is 0.0639. The lowest BCUT2D eigenvalue weighted by Crippen LogP contribution is -2.27. The van der Waals surface area contributed by atoms with Gasteiger partial charge in [0.25, 0.3) is 0 Å². The van der Waals surface area contributed by atoms with Gasteiger partial charge >= 0.3 is 0 Å². The first-order chi connectivity index (χ1) is 10.8. The van der Waals surface area contributed by atoms with Crippen LogP contribution in [-0.2, 0) is 17.9 Å². The molecule has 3 rings (SSSR count). The summed E-state index contributed by atoms with van der Waals surface area (Å²) in [5.74, 6) is 0.596. The number of carbonyl (C=O) groups is 1. The number of furan rings is 2. The van der Waals surface area contributed by atoms with Crippen LogP contribution in [0.4, 0.5) is 0 Å². The highest BCUT2D eigenvalue weighted by Crippen LogP contribution is 2.15. The minimum Gasteiger partial charge on any atom is -0.472 e. The van der Waals surface area contributed by atoms with Crippen LogP contribution in [0.25, 0.3) is 6.08 Å². The summed E-state index contributed by atoms with van der Waals surface area (Å²) < 4.78 is 10.3. The number of nitrogens with zero attached hydrogens (tertiary/aromatic N) is 1. The van der Waals surface area contributed by atoms with Crippen molar-refractivity contribution in [2.24, 2.45) is 0 Å². The average molecular weight is 313 g/mol. The van der Waals surface area contributed by atoms with E-state index in [4.69, 9.17) is 8.83 Å². The fourth-order valence-corrected chi connectivity index (χ4v) is 2.77. The lowest BCUT2D eigenvalue weighted by atomic mass is 10.2. The number of hydrogen-bond acceptors (Lipinski definition) is 4. The van der Waals surface area contributed by atoms with Crippen molar-refractivity contribution in [1.82, 2.24) is 4.90 Å². The molecule has 0 radical (unpaired) electrons. The largest absolute Gasteiger partial charge is 0.472 e. The molecule has 0 saturated heterocycles. The summed E-state index contributed by atoms with van der Waals surface area (Å²) in [6, 6.07) is 9.48. The molecule has 0 unspecified atom stereocenters. The molecule has 0 aromatic carbocycles. The summed E-state index contributed by atoms with van der Waals surface area (Å²) in [5.41, 5.74) is 0.969. The first-order valence-corrected chi connectivity index (χ1v) is 7.73. The third-order valence-electron chi connectivity index (χ3n) is 3.13. The van der Waals surface area contributed by atoms with Crippen LogP contribution >= 0.6 is 11.3 Å². The quantitative estimate of drug-likeness (QED) is 0.641. The van der Waals surface area contributed by atoms with E-state index in [0.717, 1.165) is 10.4 Å². The summed E-state index contributed by atoms with van der Waals surface area (Å²) in [4.78, 5) is 15.4. The second-order valence-electron chi connectivity index (χ2n) is 4.75. The average Bonchev–Trinajstić information content (AvgIpc) is 3.27. The summed E-state index contributed by atoms with van der Waals surface area (Å²) in [7, 11) is 0. The zero-order valence-electron chi connectivity index (χ0n) is 11.8. The van der Waals surface area contributed by atoms with Gasteiger partial charge in [-0.15, -0.1) is 11.3 Å². The highest BCUT2D eigenvalue weighted by molar-refractivity contribution is 7.09. The SMILES string of the molecule is O=C(/C=C/c1ccco1)N(Cc1ccoc1)Cc1cccs1. The normalized spacial score (nSPS) is 11.1. The smallest absolute Gasteiger partial charge is 0.247 e. The maximum atomic E-state index is 12.5. The van der Waals surface area contributed by atoms with Gasteiger partial charge in [0, 0.05) is 23.1 Å². The fraction of sp³-hybridized carbons (Fsp3) is 0.118. The number of carbonyl (C=O) groups excluding carboxylic acids is 1. The van der Waals surface area contributed by atoms with Crippen LogP contribution in [0.2, 0.25) is 0 Å². The molecule has 1 amide bonds. The summed E-state index contributed by atoms with van der Waals surface area (Å²) in [5, 5.41) is 2.01. The van der Waals surface area contributed by atoms with Gasteiger partial charge in [0.2, 0.25) is 5.91 Å². The van der Waals surface area contributed by atoms with Gasteiger partial charge in [-0.1, -0.05) is 6.07 Å². The van der Waals surface area contributed by atoms with Crippen LogP contribution < -0.4 is 0 Å². The van der Waals surface area contributed by atoms with E-state index in [2.05, 4.69) is 0 Å². The number of amides is 1. The number of rotatable bonds is 6. The van der Waals surface area contributed by atoms with Crippen LogP contribution in [0, 0.1) is 0 Å². The Balaban J connectivity index is 1.73. The topological polar surface area (TPSA) is 46.6 Å². The Labute approximate surface area is 132 Å². The third-order valence-corrected chi connectivity index (χ3v) is 3.99. The Morgan fingerprint density at radius 3 is 2.82 bits per heavy atom. The number of hydrogen-bond donors (Lipinski definition) is 0. The molecule has 0 bridgehead atoms. The summed E-state index contributed by atoms with van der Waals surface area (Å²) in [6.07, 6.45) is 8.07. The molecule has 0 atom stereocenters. The van der Waals surface area contributed by atoms with Gasteiger partial charge in [0.05, 0.1) is 25.3 Å². The van der Waals surface area contributed by atoms with E-state index < -0.39 is 0 Å². The van der Waals surface area contributed by atoms with Crippen LogP contribution in [0.5, 0.6) is 0 Å². The van der Waals surface area contributed by atoms with Gasteiger partial charge in [-0.25, -0.2) is 0 Å². The van der Waals surface area contributed by atoms with Gasteiger partial charge in [-0.3, -0.25) is 4.79 Å². The predicted molar refractivity (Wildman–Crippen MR) is 85.0 cm³/mol. The Kier molecular flexibility index (Phi) is 4.56. The lowest BCUT2D eigenvalue weighted by Gasteiger charge is -2.19. The molecule has 4 nitrogen and oxygen atoms in total. The van der Waals surface area contributed by atoms with Crippen molar-refractivity contribution < 1.29 is 13.6 Å². The van der Waals surface area contributed by atoms with E-state index in [-0.39, 0.29) is 5.91 Å². The lowest BCUT2D eigenvalue weighted by molar-refractivity contribution is -0.127. The Morgan fingerprint density at radius 1 is 1.18 bits per heavy atom. The van der Waals surface area contributed by atoms with Gasteiger partial charge in [-0.05, 0) is 35.7 Å². The van der Waals surface area contributed by atoms with Crippen LogP contribution in [0.3, 0.4) is 0 Å². The Morgan fingerprint density at radius 2 is 2.14 bits per heavy atom. The standard InChI is InChI=1S/C17H15NO3S/c19-17(6-5-15-3-1-8-21-15)18(11-14-7-9-20-13-14)12-16-4-2-10-22-16/h1-10,13H,11-12H2/b6-5+. The maximum Gasteiger partial charge on any atom is 0.247 e. The molecule has 0 aliphatic rings. The van der Waals surface area contributed by atoms with Gasteiger partial charge in [-0.2, -0.15) is 0 Å². The molecule has 3 heterocycles. The molecule has 0 N–H and O–H groups in total. The highest BCUT2D eigenvalue weighted by atomic mass is 32.1. The van der Waals surface area contributed by atoms with Crippen molar-refractivity contribution >= 4 is 23.3 Å². The first kappa shape index (κ1) is 14.4. The molecule has 3 aromatic rings. The first-order valence-electron chi connectivity index (χ1n) is 6.85. The zero-order valence-corrected chi connectivity index (χ0v) is 12.7. The van der Waals surface area contributed by atoms with Crippen molar-refractivity contribution in [3.8, 4) is 0 Å². The molecule has 0 spiro atoms. The molecule has 0 aliphatic carbocycles. The second-order valence-corrected chi connectivity index (χ2v) is 5.79. The Hall–Kier alpha value is -2.53. The molecule has 3 aromatic heterocycles. The van der Waals surface area contributed by atoms with Gasteiger partial charge < -0.3 is 13.7 Å². The maximum absolute atomic E-state index is 12.5. The zero-order chi connectivity index (χ0) is 15.2. The molecule has 22 heavy (non-hydrogen) atoms. The second kappa shape index (κ2) is 6.95. The minimum atomic E-state index is -0.0639. The molecular weight excluding hydrogens is 298 g/mol. The highest BCUT2D eigenvalue weighted by Gasteiger charge is 2.13. The van der Waals surface area contributed by atoms with E-state index in [1.54, 1.807) is 47.2 Å². The van der Waals surface area contributed by atoms with E-state index in [1.165, 1.54) is 6.08 Å². The molecule has 0 saturated carbocycles. The molecule has 5 heteroatoms. The Bertz CT molecular complexity index is 676. The monoisotopic (exact) mass is 313 g/mol. The van der Waals surface area contributed by atoms with E-state index >= 15 is 0 Å². The fourth-order valence-electron chi connectivity index (χ4n) is 2.05. The summed E-state index contributed by atoms with van der Waals surface area (Å²) in [6.45, 7) is 1.08. The van der Waals surface area contributed by atoms with Crippen LogP contribution in [-0.4, -0.2) is 10.8 Å².